The van der Waals surface area contributed by atoms with Crippen LogP contribution in [-0.2, 0) is 0 Å². The molecular formula is C26H27FN4O2. The number of aromatic nitrogens is 1. The summed E-state index contributed by atoms with van der Waals surface area (Å²) in [6.07, 6.45) is 4.85. The number of amides is 1. The van der Waals surface area contributed by atoms with Gasteiger partial charge in [0.2, 0.25) is 0 Å². The van der Waals surface area contributed by atoms with Crippen LogP contribution in [0.3, 0.4) is 0 Å². The fourth-order valence-electron chi connectivity index (χ4n) is 4.15. The quantitative estimate of drug-likeness (QED) is 0.438. The average Bonchev–Trinajstić information content (AvgIpc) is 2.85. The van der Waals surface area contributed by atoms with Gasteiger partial charge in [0.25, 0.3) is 5.91 Å². The van der Waals surface area contributed by atoms with Crippen molar-refractivity contribution in [1.29, 1.82) is 0 Å². The number of carbonyl (C=O) groups is 2. The summed E-state index contributed by atoms with van der Waals surface area (Å²) in [5, 5.41) is 0. The Labute approximate surface area is 192 Å². The fourth-order valence-corrected chi connectivity index (χ4v) is 4.15. The summed E-state index contributed by atoms with van der Waals surface area (Å²) in [4.78, 5) is 34.1. The van der Waals surface area contributed by atoms with E-state index in [1.807, 2.05) is 12.1 Å². The van der Waals surface area contributed by atoms with Crippen LogP contribution in [0, 0.1) is 11.7 Å². The number of benzene rings is 2. The van der Waals surface area contributed by atoms with Crippen LogP contribution in [0.4, 0.5) is 15.8 Å². The number of likely N-dealkylation sites (tertiary alicyclic amines) is 1. The SMILES string of the molecule is Nc1ccc(C(=O)N(CCN2CCC(C(=O)c3ccc(F)cc3)CC2)c2cccnc2)cc1. The first kappa shape index (κ1) is 22.6. The highest BCUT2D eigenvalue weighted by Crippen LogP contribution is 2.23. The molecule has 2 N–H and O–H groups in total. The highest BCUT2D eigenvalue weighted by molar-refractivity contribution is 6.06. The zero-order valence-electron chi connectivity index (χ0n) is 18.4. The van der Waals surface area contributed by atoms with Crippen molar-refractivity contribution < 1.29 is 14.0 Å². The largest absolute Gasteiger partial charge is 0.399 e. The normalized spacial score (nSPS) is 14.7. The molecule has 0 saturated carbocycles. The lowest BCUT2D eigenvalue weighted by atomic mass is 9.89. The van der Waals surface area contributed by atoms with Crippen molar-refractivity contribution >= 4 is 23.1 Å². The standard InChI is InChI=1S/C26H27FN4O2/c27-22-7-3-19(4-8-22)25(32)20-11-14-30(15-12-20)16-17-31(24-2-1-13-29-18-24)26(33)21-5-9-23(28)10-6-21/h1-10,13,18,20H,11-12,14-17,28H2. The Hall–Kier alpha value is -3.58. The van der Waals surface area contributed by atoms with Crippen LogP contribution >= 0.6 is 0 Å². The predicted molar refractivity (Wildman–Crippen MR) is 127 cm³/mol. The second-order valence-electron chi connectivity index (χ2n) is 8.28. The van der Waals surface area contributed by atoms with Gasteiger partial charge >= 0.3 is 0 Å². The van der Waals surface area contributed by atoms with Gasteiger partial charge in [-0.25, -0.2) is 4.39 Å². The first-order valence-corrected chi connectivity index (χ1v) is 11.1. The summed E-state index contributed by atoms with van der Waals surface area (Å²) in [6.45, 7) is 2.74. The molecule has 1 aromatic heterocycles. The van der Waals surface area contributed by atoms with Gasteiger partial charge in [-0.2, -0.15) is 0 Å². The van der Waals surface area contributed by atoms with E-state index in [2.05, 4.69) is 9.88 Å². The topological polar surface area (TPSA) is 79.5 Å². The van der Waals surface area contributed by atoms with E-state index < -0.39 is 0 Å². The molecule has 0 atom stereocenters. The third-order valence-corrected chi connectivity index (χ3v) is 6.09. The van der Waals surface area contributed by atoms with Crippen LogP contribution in [-0.4, -0.2) is 47.8 Å². The molecule has 2 heterocycles. The van der Waals surface area contributed by atoms with E-state index in [0.717, 1.165) is 31.6 Å². The molecule has 0 unspecified atom stereocenters. The molecule has 0 bridgehead atoms. The summed E-state index contributed by atoms with van der Waals surface area (Å²) >= 11 is 0. The highest BCUT2D eigenvalue weighted by atomic mass is 19.1. The number of piperidine rings is 1. The molecule has 6 nitrogen and oxygen atoms in total. The molecule has 1 aliphatic rings. The Bertz CT molecular complexity index is 1080. The number of nitrogens with two attached hydrogens (primary N) is 1. The molecule has 2 aromatic carbocycles. The molecule has 0 spiro atoms. The molecule has 1 amide bonds. The number of rotatable bonds is 7. The van der Waals surface area contributed by atoms with E-state index in [1.54, 1.807) is 53.7 Å². The van der Waals surface area contributed by atoms with Crippen molar-refractivity contribution in [2.75, 3.05) is 36.8 Å². The third kappa shape index (κ3) is 5.62. The zero-order chi connectivity index (χ0) is 23.2. The Morgan fingerprint density at radius 1 is 1.00 bits per heavy atom. The Morgan fingerprint density at radius 3 is 2.30 bits per heavy atom. The first-order valence-electron chi connectivity index (χ1n) is 11.1. The Kier molecular flexibility index (Phi) is 7.10. The number of anilines is 2. The Balaban J connectivity index is 1.37. The fraction of sp³-hybridized carbons (Fsp3) is 0.269. The van der Waals surface area contributed by atoms with Crippen molar-refractivity contribution in [3.05, 3.63) is 90.0 Å². The molecule has 33 heavy (non-hydrogen) atoms. The second kappa shape index (κ2) is 10.4. The number of hydrogen-bond donors (Lipinski definition) is 1. The molecule has 1 fully saturated rings. The number of Topliss-reactive ketones (excluding diaryl/α,β-unsaturated/α-hetero) is 1. The molecular weight excluding hydrogens is 419 g/mol. The van der Waals surface area contributed by atoms with Gasteiger partial charge in [-0.15, -0.1) is 0 Å². The number of pyridine rings is 1. The average molecular weight is 447 g/mol. The van der Waals surface area contributed by atoms with Crippen LogP contribution in [0.1, 0.15) is 33.6 Å². The van der Waals surface area contributed by atoms with Gasteiger partial charge in [0, 0.05) is 42.0 Å². The molecule has 1 aliphatic heterocycles. The van der Waals surface area contributed by atoms with Gasteiger partial charge in [-0.1, -0.05) is 0 Å². The third-order valence-electron chi connectivity index (χ3n) is 6.09. The lowest BCUT2D eigenvalue weighted by Gasteiger charge is -2.33. The zero-order valence-corrected chi connectivity index (χ0v) is 18.4. The second-order valence-corrected chi connectivity index (χ2v) is 8.28. The van der Waals surface area contributed by atoms with Crippen molar-refractivity contribution in [1.82, 2.24) is 9.88 Å². The molecule has 170 valence electrons. The lowest BCUT2D eigenvalue weighted by Crippen LogP contribution is -2.43. The van der Waals surface area contributed by atoms with E-state index >= 15 is 0 Å². The number of nitrogens with zero attached hydrogens (tertiary/aromatic N) is 3. The maximum Gasteiger partial charge on any atom is 0.258 e. The highest BCUT2D eigenvalue weighted by Gasteiger charge is 2.27. The maximum absolute atomic E-state index is 13.2. The summed E-state index contributed by atoms with van der Waals surface area (Å²) in [7, 11) is 0. The summed E-state index contributed by atoms with van der Waals surface area (Å²) in [5.74, 6) is -0.430. The molecule has 0 aliphatic carbocycles. The van der Waals surface area contributed by atoms with Gasteiger partial charge in [0.15, 0.2) is 5.78 Å². The van der Waals surface area contributed by atoms with Crippen molar-refractivity contribution in [3.8, 4) is 0 Å². The molecule has 7 heteroatoms. The number of carbonyl (C=O) groups excluding carboxylic acids is 2. The van der Waals surface area contributed by atoms with E-state index in [4.69, 9.17) is 5.73 Å². The minimum Gasteiger partial charge on any atom is -0.399 e. The van der Waals surface area contributed by atoms with Gasteiger partial charge in [0.1, 0.15) is 5.82 Å². The Morgan fingerprint density at radius 2 is 1.67 bits per heavy atom. The molecule has 4 rings (SSSR count). The molecule has 3 aromatic rings. The summed E-state index contributed by atoms with van der Waals surface area (Å²) < 4.78 is 13.1. The van der Waals surface area contributed by atoms with Gasteiger partial charge in [0.05, 0.1) is 11.9 Å². The van der Waals surface area contributed by atoms with Crippen LogP contribution in [0.15, 0.2) is 73.1 Å². The minimum absolute atomic E-state index is 0.0578. The van der Waals surface area contributed by atoms with Crippen molar-refractivity contribution in [2.24, 2.45) is 5.92 Å². The van der Waals surface area contributed by atoms with Crippen LogP contribution in [0.2, 0.25) is 0 Å². The number of hydrogen-bond acceptors (Lipinski definition) is 5. The van der Waals surface area contributed by atoms with Gasteiger partial charge < -0.3 is 15.5 Å². The minimum atomic E-state index is -0.340. The van der Waals surface area contributed by atoms with Crippen molar-refractivity contribution in [2.45, 2.75) is 12.8 Å². The van der Waals surface area contributed by atoms with E-state index in [9.17, 15) is 14.0 Å². The van der Waals surface area contributed by atoms with E-state index in [0.29, 0.717) is 29.9 Å². The smallest absolute Gasteiger partial charge is 0.258 e. The number of halogens is 1. The molecule has 0 radical (unpaired) electrons. The van der Waals surface area contributed by atoms with E-state index in [-0.39, 0.29) is 23.4 Å². The first-order chi connectivity index (χ1) is 16.0. The monoisotopic (exact) mass is 446 g/mol. The van der Waals surface area contributed by atoms with Gasteiger partial charge in [-0.3, -0.25) is 14.6 Å². The number of ketones is 1. The van der Waals surface area contributed by atoms with Crippen LogP contribution in [0.5, 0.6) is 0 Å². The van der Waals surface area contributed by atoms with Crippen molar-refractivity contribution in [3.63, 3.8) is 0 Å². The van der Waals surface area contributed by atoms with Crippen LogP contribution < -0.4 is 10.6 Å². The predicted octanol–water partition coefficient (Wildman–Crippen LogP) is 4.04. The van der Waals surface area contributed by atoms with Crippen LogP contribution in [0.25, 0.3) is 0 Å². The summed E-state index contributed by atoms with van der Waals surface area (Å²) in [5.41, 5.74) is 8.24. The van der Waals surface area contributed by atoms with Gasteiger partial charge in [-0.05, 0) is 86.6 Å². The number of nitrogen functional groups attached to an aromatic ring is 1. The summed E-state index contributed by atoms with van der Waals surface area (Å²) in [6, 6.07) is 16.3. The lowest BCUT2D eigenvalue weighted by molar-refractivity contribution is 0.0841. The van der Waals surface area contributed by atoms with E-state index in [1.165, 1.54) is 12.1 Å². The molecule has 1 saturated heterocycles. The maximum atomic E-state index is 13.2.